The maximum Gasteiger partial charge on any atom is 0.159 e. The molecule has 2 heterocycles. The van der Waals surface area contributed by atoms with Gasteiger partial charge in [-0.3, -0.25) is 4.79 Å². The number of carbonyl (C=O) groups is 1. The van der Waals surface area contributed by atoms with E-state index in [4.69, 9.17) is 0 Å². The van der Waals surface area contributed by atoms with Gasteiger partial charge in [-0.25, -0.2) is 4.98 Å². The molecule has 302 valence electrons. The summed E-state index contributed by atoms with van der Waals surface area (Å²) in [6.07, 6.45) is 19.2. The normalized spacial score (nSPS) is 43.2. The van der Waals surface area contributed by atoms with Gasteiger partial charge in [0.1, 0.15) is 0 Å². The van der Waals surface area contributed by atoms with E-state index in [0.717, 1.165) is 74.9 Å². The zero-order chi connectivity index (χ0) is 38.6. The van der Waals surface area contributed by atoms with Gasteiger partial charge in [-0.15, -0.1) is 0 Å². The van der Waals surface area contributed by atoms with Gasteiger partial charge in [-0.05, 0) is 123 Å². The molecule has 0 radical (unpaired) electrons. The molecular formula is C45H70N2O5S2. The highest BCUT2D eigenvalue weighted by atomic mass is 33.1. The van der Waals surface area contributed by atoms with Crippen molar-refractivity contribution in [1.29, 1.82) is 0 Å². The molecule has 0 amide bonds. The quantitative estimate of drug-likeness (QED) is 0.173. The molecule has 12 atom stereocenters. The van der Waals surface area contributed by atoms with Crippen LogP contribution in [0.1, 0.15) is 144 Å². The summed E-state index contributed by atoms with van der Waals surface area (Å²) in [6, 6.07) is 0.245. The number of hydrogen-bond donors (Lipinski definition) is 4. The van der Waals surface area contributed by atoms with Crippen molar-refractivity contribution in [3.8, 4) is 0 Å². The Morgan fingerprint density at radius 3 is 2.41 bits per heavy atom. The van der Waals surface area contributed by atoms with Crippen molar-refractivity contribution in [2.45, 2.75) is 168 Å². The summed E-state index contributed by atoms with van der Waals surface area (Å²) >= 11 is 0. The lowest BCUT2D eigenvalue weighted by atomic mass is 9.44. The average molecular weight is 783 g/mol. The van der Waals surface area contributed by atoms with E-state index in [-0.39, 0.29) is 46.8 Å². The molecule has 5 aliphatic carbocycles. The van der Waals surface area contributed by atoms with Crippen molar-refractivity contribution in [2.75, 3.05) is 11.5 Å². The molecule has 7 rings (SSSR count). The first-order valence-corrected chi connectivity index (χ1v) is 24.1. The van der Waals surface area contributed by atoms with E-state index < -0.39 is 34.7 Å². The van der Waals surface area contributed by atoms with Gasteiger partial charge in [-0.1, -0.05) is 93.5 Å². The second-order valence-electron chi connectivity index (χ2n) is 20.1. The molecule has 9 heteroatoms. The lowest BCUT2D eigenvalue weighted by molar-refractivity contribution is -0.163. The summed E-state index contributed by atoms with van der Waals surface area (Å²) in [5.41, 5.74) is 1.67. The SMILES string of the molecule is CC(C)CCC[C@]12C[C@H](O)[C@H](O)C[C@H]1C(=O)C=C1[C@@H]2CC[C@]2(C)[C@@H]3C[C@H](CSSC[C@@H](n4ccnc4)CC(C)(C)C(=C4CCCCC4)C[C@@H](O)[C@H]3C)[C@@]12O. The molecule has 4 saturated carbocycles. The van der Waals surface area contributed by atoms with E-state index in [0.29, 0.717) is 25.2 Å². The van der Waals surface area contributed by atoms with Gasteiger partial charge in [-0.2, -0.15) is 0 Å². The van der Waals surface area contributed by atoms with Crippen molar-refractivity contribution in [2.24, 2.45) is 51.8 Å². The molecule has 0 unspecified atom stereocenters. The minimum absolute atomic E-state index is 0.0112. The van der Waals surface area contributed by atoms with Gasteiger partial charge < -0.3 is 25.0 Å². The van der Waals surface area contributed by atoms with Crippen LogP contribution in [0.25, 0.3) is 0 Å². The standard InChI is InChI=1S/C45H70N2O5S2/c1-28(2)11-10-15-44-24-41(51)40(50)22-37(44)39(49)21-36-33(44)14-16-43(6)34-19-31(45(36,43)52)25-53-54-26-32(47-18-17-46-27-47)23-42(4,5)35(20-38(48)29(34)3)30-12-8-7-9-13-30/h17-18,21,27-29,31-34,37-38,40-41,48,50-52H,7-16,19-20,22-26H2,1-6H3/t29-,31+,32-,33-,34+,37-,38+,40+,41-,43+,44+,45+/m0/s1. The molecule has 2 bridgehead atoms. The highest BCUT2D eigenvalue weighted by molar-refractivity contribution is 8.76. The monoisotopic (exact) mass is 782 g/mol. The van der Waals surface area contributed by atoms with E-state index in [1.807, 2.05) is 40.2 Å². The minimum Gasteiger partial charge on any atom is -0.393 e. The lowest BCUT2D eigenvalue weighted by Crippen LogP contribution is -2.63. The maximum atomic E-state index is 14.4. The Morgan fingerprint density at radius 1 is 0.963 bits per heavy atom. The average Bonchev–Trinajstić information content (AvgIpc) is 3.74. The van der Waals surface area contributed by atoms with Gasteiger partial charge in [0.05, 0.1) is 30.2 Å². The van der Waals surface area contributed by atoms with Gasteiger partial charge in [0.15, 0.2) is 5.78 Å². The summed E-state index contributed by atoms with van der Waals surface area (Å²) < 4.78 is 2.27. The van der Waals surface area contributed by atoms with Gasteiger partial charge in [0.2, 0.25) is 0 Å². The van der Waals surface area contributed by atoms with E-state index in [1.54, 1.807) is 5.57 Å². The van der Waals surface area contributed by atoms with Crippen LogP contribution < -0.4 is 0 Å². The van der Waals surface area contributed by atoms with Gasteiger partial charge >= 0.3 is 0 Å². The third-order valence-electron chi connectivity index (χ3n) is 16.2. The fraction of sp³-hybridized carbons (Fsp3) is 0.822. The topological polar surface area (TPSA) is 116 Å². The number of imidazole rings is 1. The number of ketones is 1. The highest BCUT2D eigenvalue weighted by Gasteiger charge is 2.70. The van der Waals surface area contributed by atoms with Crippen LogP contribution in [-0.4, -0.2) is 71.2 Å². The van der Waals surface area contributed by atoms with E-state index in [2.05, 4.69) is 57.3 Å². The number of hydrogen-bond acceptors (Lipinski definition) is 8. The third-order valence-corrected chi connectivity index (χ3v) is 18.8. The van der Waals surface area contributed by atoms with Crippen LogP contribution in [0.15, 0.2) is 41.5 Å². The number of aliphatic hydroxyl groups is 4. The van der Waals surface area contributed by atoms with E-state index in [1.165, 1.54) is 24.8 Å². The smallest absolute Gasteiger partial charge is 0.159 e. The van der Waals surface area contributed by atoms with E-state index in [9.17, 15) is 25.2 Å². The van der Waals surface area contributed by atoms with Gasteiger partial charge in [0, 0.05) is 47.2 Å². The Morgan fingerprint density at radius 2 is 1.70 bits per heavy atom. The summed E-state index contributed by atoms with van der Waals surface area (Å²) in [4.78, 5) is 18.9. The summed E-state index contributed by atoms with van der Waals surface area (Å²) in [7, 11) is 3.77. The van der Waals surface area contributed by atoms with Crippen molar-refractivity contribution < 1.29 is 25.2 Å². The lowest BCUT2D eigenvalue weighted by Gasteiger charge is -2.62. The van der Waals surface area contributed by atoms with Crippen LogP contribution in [0.2, 0.25) is 0 Å². The highest BCUT2D eigenvalue weighted by Crippen LogP contribution is 2.71. The van der Waals surface area contributed by atoms with Crippen molar-refractivity contribution >= 4 is 27.4 Å². The molecule has 1 aliphatic heterocycles. The number of nitrogens with zero attached hydrogens (tertiary/aromatic N) is 2. The number of aliphatic hydroxyl groups excluding tert-OH is 3. The molecule has 6 aliphatic rings. The molecule has 1 aromatic heterocycles. The first-order chi connectivity index (χ1) is 25.6. The number of rotatable bonds is 5. The second kappa shape index (κ2) is 15.9. The fourth-order valence-corrected chi connectivity index (χ4v) is 16.0. The largest absolute Gasteiger partial charge is 0.393 e. The Hall–Kier alpha value is -1.10. The third kappa shape index (κ3) is 7.18. The predicted octanol–water partition coefficient (Wildman–Crippen LogP) is 9.12. The van der Waals surface area contributed by atoms with Crippen LogP contribution in [0.3, 0.4) is 0 Å². The second-order valence-corrected chi connectivity index (χ2v) is 22.6. The van der Waals surface area contributed by atoms with Crippen LogP contribution in [0, 0.1) is 51.8 Å². The first-order valence-electron chi connectivity index (χ1n) is 21.6. The van der Waals surface area contributed by atoms with E-state index >= 15 is 0 Å². The number of allylic oxidation sites excluding steroid dienone is 2. The Balaban J connectivity index is 1.29. The zero-order valence-electron chi connectivity index (χ0n) is 34.0. The number of fused-ring (bicyclic) bond motifs is 9. The molecule has 7 nitrogen and oxygen atoms in total. The maximum absolute atomic E-state index is 14.4. The molecule has 4 N–H and O–H groups in total. The molecule has 0 aromatic carbocycles. The Labute approximate surface area is 333 Å². The molecule has 1 aromatic rings. The first kappa shape index (κ1) is 41.1. The number of carbonyl (C=O) groups excluding carboxylic acids is 1. The molecule has 5 fully saturated rings. The van der Waals surface area contributed by atoms with Gasteiger partial charge in [0.25, 0.3) is 0 Å². The molecular weight excluding hydrogens is 713 g/mol. The van der Waals surface area contributed by atoms with Crippen LogP contribution in [-0.2, 0) is 4.79 Å². The number of aromatic nitrogens is 2. The summed E-state index contributed by atoms with van der Waals surface area (Å²) in [5.74, 6) is 1.93. The van der Waals surface area contributed by atoms with Crippen LogP contribution in [0.5, 0.6) is 0 Å². The Kier molecular flexibility index (Phi) is 12.1. The molecule has 1 saturated heterocycles. The molecule has 0 spiro atoms. The van der Waals surface area contributed by atoms with Crippen LogP contribution in [0.4, 0.5) is 0 Å². The predicted molar refractivity (Wildman–Crippen MR) is 221 cm³/mol. The fourth-order valence-electron chi connectivity index (χ4n) is 13.3. The summed E-state index contributed by atoms with van der Waals surface area (Å²) in [5, 5.41) is 48.4. The van der Waals surface area contributed by atoms with Crippen molar-refractivity contribution in [3.05, 3.63) is 41.5 Å². The van der Waals surface area contributed by atoms with Crippen molar-refractivity contribution in [3.63, 3.8) is 0 Å². The Bertz CT molecular complexity index is 1550. The summed E-state index contributed by atoms with van der Waals surface area (Å²) in [6.45, 7) is 13.8. The van der Waals surface area contributed by atoms with Crippen LogP contribution >= 0.6 is 21.6 Å². The molecule has 54 heavy (non-hydrogen) atoms. The van der Waals surface area contributed by atoms with Crippen molar-refractivity contribution in [1.82, 2.24) is 9.55 Å². The minimum atomic E-state index is -1.19. The zero-order valence-corrected chi connectivity index (χ0v) is 35.6.